The Morgan fingerprint density at radius 1 is 0.485 bits per heavy atom. The molecule has 8 aromatic carbocycles. The minimum absolute atomic E-state index is 0.00240. The van der Waals surface area contributed by atoms with Crippen LogP contribution in [0, 0.1) is 0 Å². The molecular formula is C63H55BN2O2. The Balaban J connectivity index is 1.23. The van der Waals surface area contributed by atoms with Gasteiger partial charge in [0, 0.05) is 72.5 Å². The maximum atomic E-state index is 6.96. The zero-order chi connectivity index (χ0) is 46.7. The van der Waals surface area contributed by atoms with Crippen LogP contribution in [-0.4, -0.2) is 11.4 Å². The predicted molar refractivity (Wildman–Crippen MR) is 288 cm³/mol. The molecule has 0 saturated heterocycles. The molecule has 1 aliphatic carbocycles. The molecule has 332 valence electrons. The van der Waals surface area contributed by atoms with Gasteiger partial charge in [-0.15, -0.1) is 0 Å². The number of furan rings is 2. The highest BCUT2D eigenvalue weighted by atomic mass is 16.3. The number of hydrogen-bond acceptors (Lipinski definition) is 3. The van der Waals surface area contributed by atoms with Crippen LogP contribution < -0.4 is 15.7 Å². The SMILES string of the molecule is CC(C)(C)c1ccc(N2B3c4cc5c(cc4-n4c6ccc(C(C)(C)C)cc6c6c7c(c(c3c64)-c3cc4c(cc32)oc2ccc(C(C)(C)C)cc24)-c2ccccc2C7(C)C)oc2ccccc25)cc1. The van der Waals surface area contributed by atoms with E-state index in [1.165, 1.54) is 82.8 Å². The van der Waals surface area contributed by atoms with Crippen LogP contribution in [0.2, 0.25) is 0 Å². The van der Waals surface area contributed by atoms with Crippen LogP contribution in [-0.2, 0) is 21.7 Å². The van der Waals surface area contributed by atoms with Crippen molar-refractivity contribution in [2.75, 3.05) is 4.81 Å². The summed E-state index contributed by atoms with van der Waals surface area (Å²) >= 11 is 0. The molecule has 68 heavy (non-hydrogen) atoms. The summed E-state index contributed by atoms with van der Waals surface area (Å²) in [6.45, 7) is 25.5. The van der Waals surface area contributed by atoms with E-state index >= 15 is 0 Å². The summed E-state index contributed by atoms with van der Waals surface area (Å²) in [7, 11) is 0. The van der Waals surface area contributed by atoms with Crippen molar-refractivity contribution in [1.82, 2.24) is 4.57 Å². The van der Waals surface area contributed by atoms with E-state index in [1.807, 2.05) is 0 Å². The average molecular weight is 883 g/mol. The number of para-hydroxylation sites is 1. The summed E-state index contributed by atoms with van der Waals surface area (Å²) in [4.78, 5) is 2.66. The molecule has 14 rings (SSSR count). The van der Waals surface area contributed by atoms with Crippen molar-refractivity contribution < 1.29 is 8.83 Å². The van der Waals surface area contributed by atoms with E-state index in [0.717, 1.165) is 60.9 Å². The van der Waals surface area contributed by atoms with Crippen molar-refractivity contribution in [2.24, 2.45) is 0 Å². The Bertz CT molecular complexity index is 4060. The molecule has 0 spiro atoms. The molecule has 0 bridgehead atoms. The first-order valence-electron chi connectivity index (χ1n) is 24.5. The number of anilines is 2. The van der Waals surface area contributed by atoms with Gasteiger partial charge in [-0.1, -0.05) is 149 Å². The third-order valence-corrected chi connectivity index (χ3v) is 16.2. The second-order valence-corrected chi connectivity index (χ2v) is 23.8. The molecule has 0 atom stereocenters. The van der Waals surface area contributed by atoms with Crippen molar-refractivity contribution in [3.63, 3.8) is 0 Å². The molecule has 0 saturated carbocycles. The van der Waals surface area contributed by atoms with E-state index < -0.39 is 0 Å². The molecular weight excluding hydrogens is 828 g/mol. The van der Waals surface area contributed by atoms with Gasteiger partial charge < -0.3 is 18.2 Å². The molecule has 0 amide bonds. The highest BCUT2D eigenvalue weighted by Crippen LogP contribution is 2.60. The summed E-state index contributed by atoms with van der Waals surface area (Å²) in [6.07, 6.45) is 0. The lowest BCUT2D eigenvalue weighted by atomic mass is 9.43. The lowest BCUT2D eigenvalue weighted by Crippen LogP contribution is -2.60. The van der Waals surface area contributed by atoms with E-state index in [0.29, 0.717) is 0 Å². The fraction of sp³-hybridized carbons (Fsp3) is 0.238. The highest BCUT2D eigenvalue weighted by Gasteiger charge is 2.50. The van der Waals surface area contributed by atoms with Gasteiger partial charge >= 0.3 is 6.85 Å². The first kappa shape index (κ1) is 40.1. The number of rotatable bonds is 1. The van der Waals surface area contributed by atoms with E-state index in [-0.39, 0.29) is 28.5 Å². The second-order valence-electron chi connectivity index (χ2n) is 23.8. The Morgan fingerprint density at radius 2 is 1.07 bits per heavy atom. The zero-order valence-electron chi connectivity index (χ0n) is 41.0. The van der Waals surface area contributed by atoms with Crippen LogP contribution >= 0.6 is 0 Å². The molecule has 5 heterocycles. The number of hydrogen-bond donors (Lipinski definition) is 0. The maximum Gasteiger partial charge on any atom is 0.333 e. The minimum Gasteiger partial charge on any atom is -0.456 e. The normalized spacial score (nSPS) is 15.0. The Labute approximate surface area is 398 Å². The Morgan fingerprint density at radius 3 is 1.79 bits per heavy atom. The van der Waals surface area contributed by atoms with Gasteiger partial charge in [0.25, 0.3) is 0 Å². The van der Waals surface area contributed by atoms with Gasteiger partial charge in [-0.25, -0.2) is 0 Å². The Kier molecular flexibility index (Phi) is 7.53. The third-order valence-electron chi connectivity index (χ3n) is 16.2. The van der Waals surface area contributed by atoms with Crippen LogP contribution in [0.5, 0.6) is 0 Å². The molecule has 4 nitrogen and oxygen atoms in total. The van der Waals surface area contributed by atoms with Crippen LogP contribution in [0.3, 0.4) is 0 Å². The summed E-state index contributed by atoms with van der Waals surface area (Å²) in [6, 6.07) is 51.0. The number of fused-ring (bicyclic) bond motifs is 19. The van der Waals surface area contributed by atoms with Gasteiger partial charge in [-0.05, 0) is 120 Å². The van der Waals surface area contributed by atoms with Crippen molar-refractivity contribution >= 4 is 94.8 Å². The molecule has 0 radical (unpaired) electrons. The van der Waals surface area contributed by atoms with Crippen molar-refractivity contribution in [1.29, 1.82) is 0 Å². The maximum absolute atomic E-state index is 6.96. The minimum atomic E-state index is -0.287. The fourth-order valence-electron chi connectivity index (χ4n) is 12.7. The molecule has 3 aromatic heterocycles. The molecule has 0 unspecified atom stereocenters. The standard InChI is InChI=1S/C63H55BN2O2/c1-60(2,3)34-20-24-37(25-21-34)66-48-32-52-41(40-28-36(62(7,8)9)23-27-51(40)68-52)30-44(48)55-54-39-17-12-14-18-45(39)63(10,11)57(54)56-43-29-35(61(4,5)6)22-26-47(43)65-49-33-53-42(38-16-13-15-19-50(38)67-53)31-46(49)64(66)58(55)59(56)65/h12-33H,1-11H3. The van der Waals surface area contributed by atoms with E-state index in [1.54, 1.807) is 0 Å². The topological polar surface area (TPSA) is 34.5 Å². The highest BCUT2D eigenvalue weighted by molar-refractivity contribution is 6.94. The van der Waals surface area contributed by atoms with Crippen LogP contribution in [0.1, 0.15) is 104 Å². The van der Waals surface area contributed by atoms with Gasteiger partial charge in [-0.2, -0.15) is 0 Å². The van der Waals surface area contributed by atoms with Crippen molar-refractivity contribution in [2.45, 2.75) is 97.8 Å². The smallest absolute Gasteiger partial charge is 0.333 e. The summed E-state index contributed by atoms with van der Waals surface area (Å²) in [5, 5.41) is 7.24. The van der Waals surface area contributed by atoms with Crippen LogP contribution in [0.25, 0.3) is 93.6 Å². The second kappa shape index (κ2) is 12.8. The van der Waals surface area contributed by atoms with E-state index in [9.17, 15) is 0 Å². The fourth-order valence-corrected chi connectivity index (χ4v) is 12.7. The van der Waals surface area contributed by atoms with Gasteiger partial charge in [0.1, 0.15) is 22.3 Å². The average Bonchev–Trinajstić information content (AvgIpc) is 4.02. The molecule has 0 N–H and O–H groups in total. The zero-order valence-corrected chi connectivity index (χ0v) is 41.0. The summed E-state index contributed by atoms with van der Waals surface area (Å²) in [5.41, 5.74) is 23.9. The van der Waals surface area contributed by atoms with Crippen molar-refractivity contribution in [3.8, 4) is 27.9 Å². The number of nitrogens with zero attached hydrogens (tertiary/aromatic N) is 2. The monoisotopic (exact) mass is 882 g/mol. The molecule has 11 aromatic rings. The summed E-state index contributed by atoms with van der Waals surface area (Å²) < 4.78 is 16.4. The lowest BCUT2D eigenvalue weighted by Gasteiger charge is -2.43. The van der Waals surface area contributed by atoms with Gasteiger partial charge in [0.2, 0.25) is 0 Å². The van der Waals surface area contributed by atoms with E-state index in [2.05, 4.69) is 219 Å². The first-order chi connectivity index (χ1) is 32.4. The van der Waals surface area contributed by atoms with Crippen molar-refractivity contribution in [3.05, 3.63) is 161 Å². The number of benzene rings is 8. The largest absolute Gasteiger partial charge is 0.456 e. The van der Waals surface area contributed by atoms with Gasteiger partial charge in [0.15, 0.2) is 0 Å². The molecule has 3 aliphatic rings. The number of aromatic nitrogens is 1. The lowest BCUT2D eigenvalue weighted by molar-refractivity contribution is 0.590. The summed E-state index contributed by atoms with van der Waals surface area (Å²) in [5.74, 6) is 0. The quantitative estimate of drug-likeness (QED) is 0.154. The molecule has 0 fully saturated rings. The van der Waals surface area contributed by atoms with Crippen LogP contribution in [0.15, 0.2) is 142 Å². The van der Waals surface area contributed by atoms with Gasteiger partial charge in [-0.3, -0.25) is 0 Å². The molecule has 5 heteroatoms. The first-order valence-corrected chi connectivity index (χ1v) is 24.5. The Hall–Kier alpha value is -6.98. The van der Waals surface area contributed by atoms with Gasteiger partial charge in [0.05, 0.1) is 11.0 Å². The van der Waals surface area contributed by atoms with Crippen LogP contribution in [0.4, 0.5) is 11.4 Å². The molecule has 2 aliphatic heterocycles. The third kappa shape index (κ3) is 5.12. The van der Waals surface area contributed by atoms with E-state index in [4.69, 9.17) is 8.83 Å². The predicted octanol–water partition coefficient (Wildman–Crippen LogP) is 16.0.